The summed E-state index contributed by atoms with van der Waals surface area (Å²) in [6, 6.07) is 0.535. The Morgan fingerprint density at radius 1 is 1.11 bits per heavy atom. The molecule has 1 saturated heterocycles. The maximum atomic E-state index is 12.1. The summed E-state index contributed by atoms with van der Waals surface area (Å²) >= 11 is 0. The molecule has 19 heavy (non-hydrogen) atoms. The molecule has 2 aliphatic rings. The van der Waals surface area contributed by atoms with E-state index in [-0.39, 0.29) is 0 Å². The maximum Gasteiger partial charge on any atom is 0.223 e. The molecule has 2 fully saturated rings. The SMILES string of the molecule is NCC1CCCCC1NCCC(=O)N1CCCCC1. The number of nitrogens with two attached hydrogens (primary N) is 1. The van der Waals surface area contributed by atoms with E-state index in [1.54, 1.807) is 0 Å². The molecule has 0 radical (unpaired) electrons. The van der Waals surface area contributed by atoms with Gasteiger partial charge in [0.25, 0.3) is 0 Å². The first-order chi connectivity index (χ1) is 9.31. The maximum absolute atomic E-state index is 12.1. The van der Waals surface area contributed by atoms with Gasteiger partial charge in [-0.3, -0.25) is 4.79 Å². The fourth-order valence-corrected chi connectivity index (χ4v) is 3.42. The van der Waals surface area contributed by atoms with Crippen LogP contribution in [0.4, 0.5) is 0 Å². The van der Waals surface area contributed by atoms with E-state index in [2.05, 4.69) is 5.32 Å². The van der Waals surface area contributed by atoms with Crippen LogP contribution in [-0.4, -0.2) is 43.0 Å². The number of hydrogen-bond acceptors (Lipinski definition) is 3. The van der Waals surface area contributed by atoms with E-state index in [0.29, 0.717) is 24.3 Å². The van der Waals surface area contributed by atoms with E-state index < -0.39 is 0 Å². The molecule has 2 atom stereocenters. The van der Waals surface area contributed by atoms with E-state index >= 15 is 0 Å². The Balaban J connectivity index is 1.65. The van der Waals surface area contributed by atoms with Crippen molar-refractivity contribution in [1.29, 1.82) is 0 Å². The second kappa shape index (κ2) is 7.85. The van der Waals surface area contributed by atoms with Gasteiger partial charge in [-0.15, -0.1) is 0 Å². The highest BCUT2D eigenvalue weighted by atomic mass is 16.2. The molecule has 0 aromatic rings. The second-order valence-corrected chi connectivity index (χ2v) is 6.03. The van der Waals surface area contributed by atoms with Crippen LogP contribution >= 0.6 is 0 Å². The van der Waals surface area contributed by atoms with Crippen molar-refractivity contribution >= 4 is 5.91 Å². The van der Waals surface area contributed by atoms with Crippen molar-refractivity contribution in [3.63, 3.8) is 0 Å². The topological polar surface area (TPSA) is 58.4 Å². The Hall–Kier alpha value is -0.610. The van der Waals surface area contributed by atoms with Gasteiger partial charge in [-0.2, -0.15) is 0 Å². The van der Waals surface area contributed by atoms with E-state index in [1.807, 2.05) is 4.90 Å². The van der Waals surface area contributed by atoms with Crippen LogP contribution in [0, 0.1) is 5.92 Å². The van der Waals surface area contributed by atoms with Gasteiger partial charge in [-0.05, 0) is 44.6 Å². The summed E-state index contributed by atoms with van der Waals surface area (Å²) in [5.41, 5.74) is 5.83. The van der Waals surface area contributed by atoms with Crippen LogP contribution in [0.15, 0.2) is 0 Å². The van der Waals surface area contributed by atoms with Gasteiger partial charge < -0.3 is 16.0 Å². The minimum Gasteiger partial charge on any atom is -0.343 e. The number of carbonyl (C=O) groups is 1. The molecule has 0 aromatic heterocycles. The number of nitrogens with zero attached hydrogens (tertiary/aromatic N) is 1. The Morgan fingerprint density at radius 3 is 2.58 bits per heavy atom. The van der Waals surface area contributed by atoms with Crippen molar-refractivity contribution in [1.82, 2.24) is 10.2 Å². The first kappa shape index (κ1) is 14.8. The molecule has 110 valence electrons. The summed E-state index contributed by atoms with van der Waals surface area (Å²) < 4.78 is 0. The minimum absolute atomic E-state index is 0.326. The van der Waals surface area contributed by atoms with Crippen molar-refractivity contribution in [3.05, 3.63) is 0 Å². The zero-order valence-corrected chi connectivity index (χ0v) is 12.1. The molecule has 3 N–H and O–H groups in total. The molecule has 0 bridgehead atoms. The summed E-state index contributed by atoms with van der Waals surface area (Å²) in [5, 5.41) is 3.57. The first-order valence-electron chi connectivity index (χ1n) is 8.02. The number of rotatable bonds is 5. The molecule has 1 aliphatic carbocycles. The molecular formula is C15H29N3O. The number of amides is 1. The van der Waals surface area contributed by atoms with Crippen molar-refractivity contribution in [2.45, 2.75) is 57.4 Å². The van der Waals surface area contributed by atoms with E-state index in [0.717, 1.165) is 26.2 Å². The molecule has 2 unspecified atom stereocenters. The van der Waals surface area contributed by atoms with Crippen LogP contribution in [0.3, 0.4) is 0 Å². The second-order valence-electron chi connectivity index (χ2n) is 6.03. The van der Waals surface area contributed by atoms with Crippen molar-refractivity contribution in [3.8, 4) is 0 Å². The van der Waals surface area contributed by atoms with E-state index in [9.17, 15) is 4.79 Å². The molecule has 1 saturated carbocycles. The van der Waals surface area contributed by atoms with Gasteiger partial charge in [-0.1, -0.05) is 12.8 Å². The third kappa shape index (κ3) is 4.46. The van der Waals surface area contributed by atoms with Crippen LogP contribution in [-0.2, 0) is 4.79 Å². The Morgan fingerprint density at radius 2 is 1.84 bits per heavy atom. The molecular weight excluding hydrogens is 238 g/mol. The highest BCUT2D eigenvalue weighted by Crippen LogP contribution is 2.23. The Labute approximate surface area is 117 Å². The minimum atomic E-state index is 0.326. The van der Waals surface area contributed by atoms with Gasteiger partial charge in [0.15, 0.2) is 0 Å². The summed E-state index contributed by atoms with van der Waals surface area (Å²) in [4.78, 5) is 14.1. The standard InChI is InChI=1S/C15H29N3O/c16-12-13-6-2-3-7-14(13)17-9-8-15(19)18-10-4-1-5-11-18/h13-14,17H,1-12,16H2. The van der Waals surface area contributed by atoms with Crippen LogP contribution in [0.5, 0.6) is 0 Å². The third-order valence-corrected chi connectivity index (χ3v) is 4.67. The highest BCUT2D eigenvalue weighted by Gasteiger charge is 2.23. The van der Waals surface area contributed by atoms with Gasteiger partial charge in [0.05, 0.1) is 0 Å². The molecule has 1 heterocycles. The average Bonchev–Trinajstić information content (AvgIpc) is 2.48. The number of hydrogen-bond donors (Lipinski definition) is 2. The predicted molar refractivity (Wildman–Crippen MR) is 77.9 cm³/mol. The molecule has 2 rings (SSSR count). The van der Waals surface area contributed by atoms with Gasteiger partial charge in [0.1, 0.15) is 0 Å². The highest BCUT2D eigenvalue weighted by molar-refractivity contribution is 5.76. The summed E-state index contributed by atoms with van der Waals surface area (Å²) in [6.07, 6.45) is 9.36. The normalized spacial score (nSPS) is 28.4. The van der Waals surface area contributed by atoms with Gasteiger partial charge in [0.2, 0.25) is 5.91 Å². The smallest absolute Gasteiger partial charge is 0.223 e. The van der Waals surface area contributed by atoms with Crippen LogP contribution < -0.4 is 11.1 Å². The molecule has 4 heteroatoms. The van der Waals surface area contributed by atoms with E-state index in [1.165, 1.54) is 44.9 Å². The largest absolute Gasteiger partial charge is 0.343 e. The lowest BCUT2D eigenvalue weighted by atomic mass is 9.84. The first-order valence-corrected chi connectivity index (χ1v) is 8.02. The number of piperidine rings is 1. The fourth-order valence-electron chi connectivity index (χ4n) is 3.42. The molecule has 0 spiro atoms. The predicted octanol–water partition coefficient (Wildman–Crippen LogP) is 1.50. The molecule has 1 amide bonds. The van der Waals surface area contributed by atoms with Crippen molar-refractivity contribution in [2.75, 3.05) is 26.2 Å². The summed E-state index contributed by atoms with van der Waals surface area (Å²) in [6.45, 7) is 3.52. The van der Waals surface area contributed by atoms with Crippen LogP contribution in [0.25, 0.3) is 0 Å². The van der Waals surface area contributed by atoms with Crippen molar-refractivity contribution < 1.29 is 4.79 Å². The zero-order chi connectivity index (χ0) is 13.5. The molecule has 0 aromatic carbocycles. The Bertz CT molecular complexity index is 277. The molecule has 4 nitrogen and oxygen atoms in total. The Kier molecular flexibility index (Phi) is 6.11. The molecule has 1 aliphatic heterocycles. The fraction of sp³-hybridized carbons (Fsp3) is 0.933. The van der Waals surface area contributed by atoms with E-state index in [4.69, 9.17) is 5.73 Å². The van der Waals surface area contributed by atoms with Gasteiger partial charge >= 0.3 is 0 Å². The van der Waals surface area contributed by atoms with Crippen molar-refractivity contribution in [2.24, 2.45) is 11.7 Å². The lowest BCUT2D eigenvalue weighted by molar-refractivity contribution is -0.132. The average molecular weight is 267 g/mol. The zero-order valence-electron chi connectivity index (χ0n) is 12.1. The lowest BCUT2D eigenvalue weighted by Gasteiger charge is -2.32. The number of carbonyl (C=O) groups excluding carboxylic acids is 1. The quantitative estimate of drug-likeness (QED) is 0.793. The van der Waals surface area contributed by atoms with Crippen LogP contribution in [0.1, 0.15) is 51.4 Å². The third-order valence-electron chi connectivity index (χ3n) is 4.67. The summed E-state index contributed by atoms with van der Waals surface area (Å²) in [7, 11) is 0. The monoisotopic (exact) mass is 267 g/mol. The van der Waals surface area contributed by atoms with Gasteiger partial charge in [0, 0.05) is 32.1 Å². The van der Waals surface area contributed by atoms with Crippen LogP contribution in [0.2, 0.25) is 0 Å². The number of likely N-dealkylation sites (tertiary alicyclic amines) is 1. The lowest BCUT2D eigenvalue weighted by Crippen LogP contribution is -2.44. The number of nitrogens with one attached hydrogen (secondary N) is 1. The summed E-state index contributed by atoms with van der Waals surface area (Å²) in [5.74, 6) is 0.936. The van der Waals surface area contributed by atoms with Gasteiger partial charge in [-0.25, -0.2) is 0 Å².